The number of halogens is 5. The molecule has 4 rings (SSSR count). The van der Waals surface area contributed by atoms with Crippen LogP contribution in [0.4, 0.5) is 22.0 Å². The molecule has 0 aromatic carbocycles. The van der Waals surface area contributed by atoms with Crippen LogP contribution >= 0.6 is 0 Å². The number of rotatable bonds is 7. The van der Waals surface area contributed by atoms with Gasteiger partial charge in [0, 0.05) is 100 Å². The Bertz CT molecular complexity index is 1250. The van der Waals surface area contributed by atoms with E-state index >= 15 is 0 Å². The van der Waals surface area contributed by atoms with Gasteiger partial charge in [-0.15, -0.1) is 0 Å². The van der Waals surface area contributed by atoms with Gasteiger partial charge in [0.2, 0.25) is 41.4 Å². The molecule has 0 bridgehead atoms. The molecule has 4 fully saturated rings. The van der Waals surface area contributed by atoms with Crippen LogP contribution in [0.3, 0.4) is 0 Å². The first-order valence-electron chi connectivity index (χ1n) is 17.3. The van der Waals surface area contributed by atoms with Crippen LogP contribution in [0.2, 0.25) is 0 Å². The molecule has 56 heavy (non-hydrogen) atoms. The summed E-state index contributed by atoms with van der Waals surface area (Å²) in [6.07, 6.45) is -2.11. The number of carbonyl (C=O) groups excluding carboxylic acids is 7. The number of carbonyl (C=O) groups is 7. The zero-order valence-electron chi connectivity index (χ0n) is 33.0. The molecule has 7 amide bonds. The number of hydrogen-bond donors (Lipinski definition) is 9. The minimum Gasteiger partial charge on any atom is -0.393 e. The van der Waals surface area contributed by atoms with Crippen LogP contribution in [-0.4, -0.2) is 141 Å². The minimum atomic E-state index is -4.74. The number of hydrogen-bond acceptors (Lipinski definition) is 11. The zero-order chi connectivity index (χ0) is 44.1. The SMILES string of the molecule is CNC(=O)C(F)(F)F.CNC(=O)C1CC(F)(F)C1.CNC(=O)C1CC(O)C1.CNC(=O)C1CC1.CNC(=O)C1CNC1.CNC(=O)CC#N.CNC(=O)COC. The fourth-order valence-electron chi connectivity index (χ4n) is 3.79. The molecule has 324 valence electrons. The second kappa shape index (κ2) is 30.5. The molecule has 0 unspecified atom stereocenters. The first-order valence-corrected chi connectivity index (χ1v) is 17.3. The van der Waals surface area contributed by atoms with Crippen LogP contribution in [0, 0.1) is 35.0 Å². The van der Waals surface area contributed by atoms with E-state index in [0.29, 0.717) is 18.8 Å². The quantitative estimate of drug-likeness (QED) is 0.136. The van der Waals surface area contributed by atoms with Gasteiger partial charge in [-0.1, -0.05) is 0 Å². The summed E-state index contributed by atoms with van der Waals surface area (Å²) in [5.41, 5.74) is 0. The lowest BCUT2D eigenvalue weighted by atomic mass is 9.81. The maximum atomic E-state index is 12.1. The van der Waals surface area contributed by atoms with E-state index in [4.69, 9.17) is 10.4 Å². The molecule has 3 saturated carbocycles. The summed E-state index contributed by atoms with van der Waals surface area (Å²) in [6, 6.07) is 1.71. The molecule has 4 aliphatic rings. The zero-order valence-corrected chi connectivity index (χ0v) is 33.0. The number of alkyl halides is 5. The predicted octanol–water partition coefficient (Wildman–Crippen LogP) is -1.31. The Kier molecular flexibility index (Phi) is 30.3. The summed E-state index contributed by atoms with van der Waals surface area (Å²) in [5.74, 6) is -4.47. The van der Waals surface area contributed by atoms with Crippen molar-refractivity contribution in [3.8, 4) is 6.07 Å². The first kappa shape index (κ1) is 55.6. The van der Waals surface area contributed by atoms with Gasteiger partial charge in [-0.25, -0.2) is 8.78 Å². The van der Waals surface area contributed by atoms with Crippen LogP contribution in [0.1, 0.15) is 44.9 Å². The predicted molar refractivity (Wildman–Crippen MR) is 192 cm³/mol. The van der Waals surface area contributed by atoms with Crippen molar-refractivity contribution >= 4 is 41.4 Å². The van der Waals surface area contributed by atoms with Crippen molar-refractivity contribution in [2.45, 2.75) is 63.1 Å². The number of aliphatic hydroxyl groups is 1. The van der Waals surface area contributed by atoms with E-state index in [0.717, 1.165) is 33.0 Å². The van der Waals surface area contributed by atoms with Gasteiger partial charge in [0.25, 0.3) is 0 Å². The summed E-state index contributed by atoms with van der Waals surface area (Å²) in [6.45, 7) is 1.84. The van der Waals surface area contributed by atoms with Crippen LogP contribution in [0.5, 0.6) is 0 Å². The summed E-state index contributed by atoms with van der Waals surface area (Å²) in [5, 5.41) is 35.8. The monoisotopic (exact) mass is 819 g/mol. The number of methoxy groups -OCH3 is 1. The number of likely N-dealkylation sites (N-methyl/N-ethyl adjacent to an activating group) is 1. The number of nitrogens with one attached hydrogen (secondary N) is 8. The molecule has 18 nitrogen and oxygen atoms in total. The highest BCUT2D eigenvalue weighted by Gasteiger charge is 2.48. The van der Waals surface area contributed by atoms with Crippen LogP contribution in [0.15, 0.2) is 0 Å². The van der Waals surface area contributed by atoms with Crippen molar-refractivity contribution in [1.82, 2.24) is 42.5 Å². The van der Waals surface area contributed by atoms with Crippen LogP contribution < -0.4 is 42.5 Å². The number of aliphatic hydroxyl groups excluding tert-OH is 1. The molecule has 3 aliphatic carbocycles. The number of nitrogens with zero attached hydrogens (tertiary/aromatic N) is 1. The third-order valence-corrected chi connectivity index (χ3v) is 7.59. The van der Waals surface area contributed by atoms with E-state index in [-0.39, 0.29) is 79.3 Å². The lowest BCUT2D eigenvalue weighted by Gasteiger charge is -2.33. The van der Waals surface area contributed by atoms with Crippen molar-refractivity contribution in [2.75, 3.05) is 76.1 Å². The Morgan fingerprint density at radius 1 is 0.696 bits per heavy atom. The van der Waals surface area contributed by atoms with Crippen molar-refractivity contribution in [3.05, 3.63) is 0 Å². The molecule has 1 heterocycles. The summed E-state index contributed by atoms with van der Waals surface area (Å²) in [7, 11) is 11.9. The van der Waals surface area contributed by atoms with Gasteiger partial charge in [0.05, 0.1) is 18.1 Å². The molecule has 0 atom stereocenters. The summed E-state index contributed by atoms with van der Waals surface area (Å²) < 4.78 is 61.8. The Balaban J connectivity index is -0.000000588. The fourth-order valence-corrected chi connectivity index (χ4v) is 3.79. The fraction of sp³-hybridized carbons (Fsp3) is 0.758. The lowest BCUT2D eigenvalue weighted by Crippen LogP contribution is -2.49. The second-order valence-electron chi connectivity index (χ2n) is 12.1. The van der Waals surface area contributed by atoms with E-state index in [1.165, 1.54) is 26.5 Å². The molecular weight excluding hydrogens is 761 g/mol. The highest BCUT2D eigenvalue weighted by atomic mass is 19.4. The Morgan fingerprint density at radius 2 is 1.11 bits per heavy atom. The van der Waals surface area contributed by atoms with Gasteiger partial charge >= 0.3 is 12.1 Å². The van der Waals surface area contributed by atoms with Crippen LogP contribution in [-0.2, 0) is 38.3 Å². The van der Waals surface area contributed by atoms with Gasteiger partial charge in [-0.05, 0) is 25.7 Å². The Morgan fingerprint density at radius 3 is 1.29 bits per heavy atom. The van der Waals surface area contributed by atoms with Gasteiger partial charge in [-0.2, -0.15) is 18.4 Å². The molecule has 0 aromatic rings. The molecule has 1 saturated heterocycles. The molecule has 23 heteroatoms. The largest absolute Gasteiger partial charge is 0.471 e. The van der Waals surface area contributed by atoms with Gasteiger partial charge in [-0.3, -0.25) is 33.6 Å². The van der Waals surface area contributed by atoms with Crippen molar-refractivity contribution in [2.24, 2.45) is 23.7 Å². The number of amides is 7. The smallest absolute Gasteiger partial charge is 0.393 e. The van der Waals surface area contributed by atoms with E-state index in [2.05, 4.69) is 42.0 Å². The van der Waals surface area contributed by atoms with E-state index in [1.807, 2.05) is 0 Å². The van der Waals surface area contributed by atoms with E-state index in [1.54, 1.807) is 34.3 Å². The van der Waals surface area contributed by atoms with Crippen molar-refractivity contribution < 1.29 is 65.4 Å². The van der Waals surface area contributed by atoms with E-state index in [9.17, 15) is 55.5 Å². The number of ether oxygens (including phenoxy) is 1. The van der Waals surface area contributed by atoms with Gasteiger partial charge in [0.1, 0.15) is 13.0 Å². The maximum Gasteiger partial charge on any atom is 0.471 e. The molecule has 0 radical (unpaired) electrons. The topological polar surface area (TPSA) is 269 Å². The van der Waals surface area contributed by atoms with Gasteiger partial charge < -0.3 is 52.4 Å². The number of nitriles is 1. The Labute approximate surface area is 323 Å². The highest BCUT2D eigenvalue weighted by Crippen LogP contribution is 2.42. The van der Waals surface area contributed by atoms with E-state index < -0.39 is 23.9 Å². The molecule has 0 spiro atoms. The average molecular weight is 820 g/mol. The van der Waals surface area contributed by atoms with Crippen molar-refractivity contribution in [1.29, 1.82) is 5.26 Å². The summed E-state index contributed by atoms with van der Waals surface area (Å²) >= 11 is 0. The molecule has 1 aliphatic heterocycles. The lowest BCUT2D eigenvalue weighted by molar-refractivity contribution is -0.173. The van der Waals surface area contributed by atoms with Gasteiger partial charge in [0.15, 0.2) is 0 Å². The average Bonchev–Trinajstić information content (AvgIpc) is 3.98. The van der Waals surface area contributed by atoms with Crippen LogP contribution in [0.25, 0.3) is 0 Å². The third-order valence-electron chi connectivity index (χ3n) is 7.59. The second-order valence-corrected chi connectivity index (χ2v) is 12.1. The molecule has 0 aromatic heterocycles. The van der Waals surface area contributed by atoms with Crippen molar-refractivity contribution in [3.63, 3.8) is 0 Å². The summed E-state index contributed by atoms with van der Waals surface area (Å²) in [4.78, 5) is 72.3. The molecule has 9 N–H and O–H groups in total. The first-order chi connectivity index (χ1) is 26.1. The Hall–Kier alpha value is -4.69. The maximum absolute atomic E-state index is 12.1. The minimum absolute atomic E-state index is 0.0451. The normalized spacial score (nSPS) is 18.2. The molecular formula is C33H58F5N9O9. The highest BCUT2D eigenvalue weighted by molar-refractivity contribution is 5.82. The standard InChI is InChI=1S/C6H9F2NO.C6H11NO2.C5H10N2O.C5H9NO.C4H6N2O.C4H9NO2.C3H4F3NO/c1-9-5(10)4-2-6(7,8)3-4;1-7-6(9)4-2-5(8)3-4;1-6-5(8)4-2-7-3-4;1-6-5(7)4-2-3-4;1-6-4(7)2-3-5;1-5-4(6)3-7-2;1-7-2(8)3(4,5)6/h4H,2-3H2,1H3,(H,9,10);4-5,8H,2-3H2,1H3,(H,7,9);4,7H,2-3H2,1H3,(H,6,8);4H,2-3H2,1H3,(H,6,7);2H2,1H3,(H,6,7);3H2,1-2H3,(H,5,6);1H3,(H,7,8). The third kappa shape index (κ3) is 27.8.